The molecule has 2 saturated heterocycles. The van der Waals surface area contributed by atoms with Crippen LogP contribution >= 0.6 is 0 Å². The topological polar surface area (TPSA) is 72.2 Å². The second kappa shape index (κ2) is 7.36. The molecule has 1 atom stereocenters. The molecule has 0 aliphatic carbocycles. The van der Waals surface area contributed by atoms with E-state index in [1.165, 1.54) is 7.11 Å². The first-order chi connectivity index (χ1) is 11.6. The molecular weight excluding hydrogens is 312 g/mol. The van der Waals surface area contributed by atoms with Crippen LogP contribution in [0.4, 0.5) is 0 Å². The molecule has 1 aromatic rings. The lowest BCUT2D eigenvalue weighted by Crippen LogP contribution is -2.51. The van der Waals surface area contributed by atoms with E-state index in [2.05, 4.69) is 4.90 Å². The third kappa shape index (κ3) is 3.62. The summed E-state index contributed by atoms with van der Waals surface area (Å²) >= 11 is 0. The van der Waals surface area contributed by atoms with Crippen LogP contribution < -0.4 is 0 Å². The number of aryl methyl sites for hydroxylation is 1. The SMILES string of the molecule is COC(=O)c1oc(CN2CCN(C(=O)[C@H]3CCCO3)CC2)cc1C. The molecule has 1 aromatic heterocycles. The van der Waals surface area contributed by atoms with E-state index < -0.39 is 5.97 Å². The average molecular weight is 336 g/mol. The number of ether oxygens (including phenoxy) is 2. The van der Waals surface area contributed by atoms with Gasteiger partial charge in [0.05, 0.1) is 13.7 Å². The van der Waals surface area contributed by atoms with Crippen LogP contribution in [-0.2, 0) is 20.8 Å². The third-order valence-corrected chi connectivity index (χ3v) is 4.61. The first-order valence-electron chi connectivity index (χ1n) is 8.39. The zero-order valence-electron chi connectivity index (χ0n) is 14.2. The normalized spacial score (nSPS) is 21.9. The van der Waals surface area contributed by atoms with Crippen molar-refractivity contribution in [2.75, 3.05) is 39.9 Å². The van der Waals surface area contributed by atoms with Gasteiger partial charge in [0.15, 0.2) is 0 Å². The van der Waals surface area contributed by atoms with E-state index in [0.29, 0.717) is 26.2 Å². The van der Waals surface area contributed by atoms with Crippen molar-refractivity contribution in [2.24, 2.45) is 0 Å². The smallest absolute Gasteiger partial charge is 0.374 e. The summed E-state index contributed by atoms with van der Waals surface area (Å²) in [6.45, 7) is 6.11. The van der Waals surface area contributed by atoms with Crippen LogP contribution in [-0.4, -0.2) is 67.7 Å². The van der Waals surface area contributed by atoms with Crippen LogP contribution in [0.2, 0.25) is 0 Å². The lowest BCUT2D eigenvalue weighted by Gasteiger charge is -2.35. The van der Waals surface area contributed by atoms with E-state index in [9.17, 15) is 9.59 Å². The maximum absolute atomic E-state index is 12.3. The molecule has 132 valence electrons. The Kier molecular flexibility index (Phi) is 5.20. The minimum absolute atomic E-state index is 0.119. The number of amides is 1. The van der Waals surface area contributed by atoms with E-state index in [1.54, 1.807) is 0 Å². The summed E-state index contributed by atoms with van der Waals surface area (Å²) in [7, 11) is 1.34. The summed E-state index contributed by atoms with van der Waals surface area (Å²) < 4.78 is 15.8. The van der Waals surface area contributed by atoms with Crippen LogP contribution in [0, 0.1) is 6.92 Å². The van der Waals surface area contributed by atoms with Crippen molar-refractivity contribution in [1.29, 1.82) is 0 Å². The number of methoxy groups -OCH3 is 1. The molecule has 7 nitrogen and oxygen atoms in total. The number of esters is 1. The van der Waals surface area contributed by atoms with Gasteiger partial charge in [0.25, 0.3) is 5.91 Å². The number of carbonyl (C=O) groups is 2. The number of furan rings is 1. The van der Waals surface area contributed by atoms with Gasteiger partial charge in [-0.2, -0.15) is 0 Å². The highest BCUT2D eigenvalue weighted by atomic mass is 16.5. The summed E-state index contributed by atoms with van der Waals surface area (Å²) in [5.41, 5.74) is 0.782. The fraction of sp³-hybridized carbons (Fsp3) is 0.647. The van der Waals surface area contributed by atoms with Gasteiger partial charge in [-0.3, -0.25) is 9.69 Å². The summed E-state index contributed by atoms with van der Waals surface area (Å²) in [5, 5.41) is 0. The van der Waals surface area contributed by atoms with Gasteiger partial charge in [0.2, 0.25) is 5.76 Å². The number of rotatable bonds is 4. The number of hydrogen-bond acceptors (Lipinski definition) is 6. The first kappa shape index (κ1) is 17.0. The van der Waals surface area contributed by atoms with Crippen molar-refractivity contribution < 1.29 is 23.5 Å². The molecule has 0 N–H and O–H groups in total. The van der Waals surface area contributed by atoms with E-state index in [1.807, 2.05) is 17.9 Å². The summed E-state index contributed by atoms with van der Waals surface area (Å²) in [6, 6.07) is 1.87. The van der Waals surface area contributed by atoms with Crippen molar-refractivity contribution in [3.63, 3.8) is 0 Å². The molecule has 0 unspecified atom stereocenters. The Morgan fingerprint density at radius 1 is 1.29 bits per heavy atom. The molecule has 0 saturated carbocycles. The number of nitrogens with zero attached hydrogens (tertiary/aromatic N) is 2. The number of hydrogen-bond donors (Lipinski definition) is 0. The molecular formula is C17H24N2O5. The van der Waals surface area contributed by atoms with Crippen LogP contribution in [0.5, 0.6) is 0 Å². The van der Waals surface area contributed by atoms with Crippen LogP contribution in [0.25, 0.3) is 0 Å². The molecule has 0 spiro atoms. The highest BCUT2D eigenvalue weighted by molar-refractivity contribution is 5.87. The van der Waals surface area contributed by atoms with Gasteiger partial charge in [-0.05, 0) is 25.8 Å². The fourth-order valence-electron chi connectivity index (χ4n) is 3.24. The van der Waals surface area contributed by atoms with Gasteiger partial charge in [0.1, 0.15) is 11.9 Å². The Morgan fingerprint density at radius 2 is 2.04 bits per heavy atom. The first-order valence-corrected chi connectivity index (χ1v) is 8.39. The van der Waals surface area contributed by atoms with E-state index in [0.717, 1.165) is 37.3 Å². The Balaban J connectivity index is 1.52. The Morgan fingerprint density at radius 3 is 2.67 bits per heavy atom. The third-order valence-electron chi connectivity index (χ3n) is 4.61. The zero-order chi connectivity index (χ0) is 17.1. The Hall–Kier alpha value is -1.86. The van der Waals surface area contributed by atoms with Crippen LogP contribution in [0.15, 0.2) is 10.5 Å². The summed E-state index contributed by atoms with van der Waals surface area (Å²) in [5.74, 6) is 0.672. The quantitative estimate of drug-likeness (QED) is 0.769. The maximum Gasteiger partial charge on any atom is 0.374 e. The van der Waals surface area contributed by atoms with Crippen molar-refractivity contribution in [2.45, 2.75) is 32.4 Å². The van der Waals surface area contributed by atoms with Crippen molar-refractivity contribution >= 4 is 11.9 Å². The average Bonchev–Trinajstić information content (AvgIpc) is 3.24. The molecule has 2 aliphatic heterocycles. The molecule has 7 heteroatoms. The molecule has 3 heterocycles. The summed E-state index contributed by atoms with van der Waals surface area (Å²) in [4.78, 5) is 28.0. The fourth-order valence-corrected chi connectivity index (χ4v) is 3.24. The van der Waals surface area contributed by atoms with Gasteiger partial charge < -0.3 is 18.8 Å². The maximum atomic E-state index is 12.3. The van der Waals surface area contributed by atoms with Crippen molar-refractivity contribution in [3.8, 4) is 0 Å². The monoisotopic (exact) mass is 336 g/mol. The van der Waals surface area contributed by atoms with Crippen LogP contribution in [0.1, 0.15) is 34.7 Å². The van der Waals surface area contributed by atoms with Gasteiger partial charge in [-0.1, -0.05) is 0 Å². The van der Waals surface area contributed by atoms with Gasteiger partial charge in [-0.25, -0.2) is 4.79 Å². The largest absolute Gasteiger partial charge is 0.463 e. The Bertz CT molecular complexity index is 598. The zero-order valence-corrected chi connectivity index (χ0v) is 14.2. The van der Waals surface area contributed by atoms with E-state index in [-0.39, 0.29) is 17.8 Å². The highest BCUT2D eigenvalue weighted by Gasteiger charge is 2.30. The highest BCUT2D eigenvalue weighted by Crippen LogP contribution is 2.19. The molecule has 0 aromatic carbocycles. The minimum Gasteiger partial charge on any atom is -0.463 e. The van der Waals surface area contributed by atoms with Crippen molar-refractivity contribution in [3.05, 3.63) is 23.2 Å². The molecule has 0 bridgehead atoms. The van der Waals surface area contributed by atoms with Crippen LogP contribution in [0.3, 0.4) is 0 Å². The molecule has 3 rings (SSSR count). The van der Waals surface area contributed by atoms with Crippen molar-refractivity contribution in [1.82, 2.24) is 9.80 Å². The standard InChI is InChI=1S/C17H24N2O5/c1-12-10-13(24-15(12)17(21)22-2)11-18-5-7-19(8-6-18)16(20)14-4-3-9-23-14/h10,14H,3-9,11H2,1-2H3/t14-/m1/s1. The molecule has 1 amide bonds. The second-order valence-electron chi connectivity index (χ2n) is 6.32. The van der Waals surface area contributed by atoms with Gasteiger partial charge in [0, 0.05) is 38.3 Å². The minimum atomic E-state index is -0.453. The summed E-state index contributed by atoms with van der Waals surface area (Å²) in [6.07, 6.45) is 1.56. The predicted molar refractivity (Wildman–Crippen MR) is 85.6 cm³/mol. The second-order valence-corrected chi connectivity index (χ2v) is 6.32. The molecule has 24 heavy (non-hydrogen) atoms. The Labute approximate surface area is 141 Å². The lowest BCUT2D eigenvalue weighted by atomic mass is 10.2. The van der Waals surface area contributed by atoms with E-state index >= 15 is 0 Å². The predicted octanol–water partition coefficient (Wildman–Crippen LogP) is 1.20. The molecule has 2 aliphatic rings. The van der Waals surface area contributed by atoms with E-state index in [4.69, 9.17) is 13.9 Å². The molecule has 2 fully saturated rings. The van der Waals surface area contributed by atoms with Gasteiger partial charge in [-0.15, -0.1) is 0 Å². The number of piperazine rings is 1. The number of carbonyl (C=O) groups excluding carboxylic acids is 2. The van der Waals surface area contributed by atoms with Gasteiger partial charge >= 0.3 is 5.97 Å². The lowest BCUT2D eigenvalue weighted by molar-refractivity contribution is -0.142. The molecule has 0 radical (unpaired) electrons.